The van der Waals surface area contributed by atoms with Crippen LogP contribution in [0.2, 0.25) is 0 Å². The zero-order valence-corrected chi connectivity index (χ0v) is 10.6. The van der Waals surface area contributed by atoms with Crippen LogP contribution in [0.5, 0.6) is 0 Å². The van der Waals surface area contributed by atoms with Crippen LogP contribution in [0.15, 0.2) is 18.2 Å². The molecule has 0 aliphatic carbocycles. The Bertz CT molecular complexity index is 364. The van der Waals surface area contributed by atoms with E-state index < -0.39 is 0 Å². The van der Waals surface area contributed by atoms with E-state index in [1.165, 1.54) is 6.07 Å². The quantitative estimate of drug-likeness (QED) is 0.833. The molecule has 1 heterocycles. The molecular formula is C13H17FO2S. The van der Waals surface area contributed by atoms with E-state index in [2.05, 4.69) is 12.6 Å². The molecule has 0 bridgehead atoms. The Kier molecular flexibility index (Phi) is 4.83. The zero-order valence-electron chi connectivity index (χ0n) is 9.69. The first-order valence-electron chi connectivity index (χ1n) is 5.91. The van der Waals surface area contributed by atoms with Crippen molar-refractivity contribution < 1.29 is 13.9 Å². The third kappa shape index (κ3) is 3.44. The van der Waals surface area contributed by atoms with Gasteiger partial charge in [0.2, 0.25) is 0 Å². The lowest BCUT2D eigenvalue weighted by Crippen LogP contribution is -2.22. The van der Waals surface area contributed by atoms with E-state index in [4.69, 9.17) is 9.47 Å². The smallest absolute Gasteiger partial charge is 0.158 e. The van der Waals surface area contributed by atoms with Gasteiger partial charge in [0.05, 0.1) is 6.61 Å². The van der Waals surface area contributed by atoms with Gasteiger partial charge in [-0.05, 0) is 30.9 Å². The van der Waals surface area contributed by atoms with Crippen molar-refractivity contribution >= 4 is 12.6 Å². The van der Waals surface area contributed by atoms with Crippen molar-refractivity contribution in [2.75, 3.05) is 6.61 Å². The van der Waals surface area contributed by atoms with Crippen LogP contribution in [0, 0.1) is 5.82 Å². The van der Waals surface area contributed by atoms with Crippen LogP contribution in [0.3, 0.4) is 0 Å². The summed E-state index contributed by atoms with van der Waals surface area (Å²) in [7, 11) is 0. The Balaban J connectivity index is 1.97. The van der Waals surface area contributed by atoms with Crippen molar-refractivity contribution in [2.24, 2.45) is 0 Å². The Morgan fingerprint density at radius 3 is 3.00 bits per heavy atom. The molecule has 1 saturated heterocycles. The summed E-state index contributed by atoms with van der Waals surface area (Å²) in [6.07, 6.45) is 2.91. The molecule has 2 nitrogen and oxygen atoms in total. The molecule has 0 spiro atoms. The minimum absolute atomic E-state index is 0.184. The van der Waals surface area contributed by atoms with Crippen LogP contribution < -0.4 is 0 Å². The monoisotopic (exact) mass is 256 g/mol. The van der Waals surface area contributed by atoms with Crippen LogP contribution in [0.25, 0.3) is 0 Å². The third-order valence-electron chi connectivity index (χ3n) is 2.94. The Labute approximate surface area is 107 Å². The van der Waals surface area contributed by atoms with Crippen molar-refractivity contribution in [2.45, 2.75) is 37.9 Å². The number of rotatable bonds is 4. The van der Waals surface area contributed by atoms with Gasteiger partial charge in [-0.3, -0.25) is 0 Å². The SMILES string of the molecule is Fc1cccc(CS)c1COC1CCCCO1. The standard InChI is InChI=1S/C13H17FO2S/c14-12-5-3-4-10(9-17)11(12)8-16-13-6-1-2-7-15-13/h3-5,13,17H,1-2,6-9H2. The van der Waals surface area contributed by atoms with Gasteiger partial charge in [0.15, 0.2) is 6.29 Å². The van der Waals surface area contributed by atoms with Crippen LogP contribution in [0.4, 0.5) is 4.39 Å². The van der Waals surface area contributed by atoms with Gasteiger partial charge in [0.25, 0.3) is 0 Å². The third-order valence-corrected chi connectivity index (χ3v) is 3.28. The molecule has 0 N–H and O–H groups in total. The van der Waals surface area contributed by atoms with E-state index in [0.717, 1.165) is 31.4 Å². The number of thiol groups is 1. The number of ether oxygens (including phenoxy) is 2. The first kappa shape index (κ1) is 12.9. The van der Waals surface area contributed by atoms with Crippen molar-refractivity contribution in [3.8, 4) is 0 Å². The summed E-state index contributed by atoms with van der Waals surface area (Å²) in [6.45, 7) is 0.995. The average molecular weight is 256 g/mol. The highest BCUT2D eigenvalue weighted by atomic mass is 32.1. The molecule has 94 valence electrons. The van der Waals surface area contributed by atoms with Gasteiger partial charge in [0, 0.05) is 17.9 Å². The van der Waals surface area contributed by atoms with Crippen molar-refractivity contribution in [1.29, 1.82) is 0 Å². The fraction of sp³-hybridized carbons (Fsp3) is 0.538. The fourth-order valence-electron chi connectivity index (χ4n) is 1.93. The average Bonchev–Trinajstić information content (AvgIpc) is 2.38. The molecule has 1 aromatic rings. The minimum Gasteiger partial charge on any atom is -0.353 e. The van der Waals surface area contributed by atoms with E-state index in [9.17, 15) is 4.39 Å². The van der Waals surface area contributed by atoms with E-state index in [-0.39, 0.29) is 18.7 Å². The van der Waals surface area contributed by atoms with Gasteiger partial charge < -0.3 is 9.47 Å². The molecule has 1 atom stereocenters. The molecular weight excluding hydrogens is 239 g/mol. The Hall–Kier alpha value is -0.580. The topological polar surface area (TPSA) is 18.5 Å². The number of hydrogen-bond donors (Lipinski definition) is 1. The first-order chi connectivity index (χ1) is 8.31. The van der Waals surface area contributed by atoms with Gasteiger partial charge in [-0.15, -0.1) is 0 Å². The highest BCUT2D eigenvalue weighted by Crippen LogP contribution is 2.20. The van der Waals surface area contributed by atoms with Crippen LogP contribution in [0.1, 0.15) is 30.4 Å². The second kappa shape index (κ2) is 6.38. The molecule has 17 heavy (non-hydrogen) atoms. The molecule has 0 amide bonds. The summed E-state index contributed by atoms with van der Waals surface area (Å²) < 4.78 is 24.7. The summed E-state index contributed by atoms with van der Waals surface area (Å²) in [5.41, 5.74) is 1.47. The number of benzene rings is 1. The lowest BCUT2D eigenvalue weighted by molar-refractivity contribution is -0.169. The maximum atomic E-state index is 13.6. The molecule has 0 aromatic heterocycles. The summed E-state index contributed by atoms with van der Waals surface area (Å²) in [5.74, 6) is 0.287. The van der Waals surface area contributed by atoms with Crippen molar-refractivity contribution in [3.05, 3.63) is 35.1 Å². The maximum absolute atomic E-state index is 13.6. The zero-order chi connectivity index (χ0) is 12.1. The molecule has 0 radical (unpaired) electrons. The van der Waals surface area contributed by atoms with Gasteiger partial charge in [-0.2, -0.15) is 12.6 Å². The van der Waals surface area contributed by atoms with Crippen LogP contribution in [-0.2, 0) is 21.8 Å². The summed E-state index contributed by atoms with van der Waals surface area (Å²) in [5, 5.41) is 0. The summed E-state index contributed by atoms with van der Waals surface area (Å²) in [6, 6.07) is 5.02. The van der Waals surface area contributed by atoms with Crippen molar-refractivity contribution in [1.82, 2.24) is 0 Å². The molecule has 1 aromatic carbocycles. The molecule has 4 heteroatoms. The molecule has 2 rings (SSSR count). The van der Waals surface area contributed by atoms with Crippen LogP contribution >= 0.6 is 12.6 Å². The number of hydrogen-bond acceptors (Lipinski definition) is 3. The van der Waals surface area contributed by atoms with E-state index in [0.29, 0.717) is 11.3 Å². The molecule has 0 saturated carbocycles. The van der Waals surface area contributed by atoms with Gasteiger partial charge in [-0.1, -0.05) is 12.1 Å². The van der Waals surface area contributed by atoms with Crippen LogP contribution in [-0.4, -0.2) is 12.9 Å². The van der Waals surface area contributed by atoms with Gasteiger partial charge >= 0.3 is 0 Å². The highest BCUT2D eigenvalue weighted by molar-refractivity contribution is 7.79. The highest BCUT2D eigenvalue weighted by Gasteiger charge is 2.16. The van der Waals surface area contributed by atoms with E-state index >= 15 is 0 Å². The molecule has 1 unspecified atom stereocenters. The number of halogens is 1. The molecule has 1 aliphatic rings. The molecule has 1 fully saturated rings. The van der Waals surface area contributed by atoms with Crippen molar-refractivity contribution in [3.63, 3.8) is 0 Å². The van der Waals surface area contributed by atoms with Gasteiger partial charge in [0.1, 0.15) is 5.82 Å². The first-order valence-corrected chi connectivity index (χ1v) is 6.55. The summed E-state index contributed by atoms with van der Waals surface area (Å²) in [4.78, 5) is 0. The Morgan fingerprint density at radius 1 is 1.41 bits per heavy atom. The second-order valence-electron chi connectivity index (χ2n) is 4.14. The normalized spacial score (nSPS) is 20.5. The molecule has 1 aliphatic heterocycles. The van der Waals surface area contributed by atoms with E-state index in [1.54, 1.807) is 6.07 Å². The van der Waals surface area contributed by atoms with E-state index in [1.807, 2.05) is 6.07 Å². The predicted octanol–water partition coefficient (Wildman–Crippen LogP) is 3.30. The predicted molar refractivity (Wildman–Crippen MR) is 67.5 cm³/mol. The Morgan fingerprint density at radius 2 is 2.29 bits per heavy atom. The summed E-state index contributed by atoms with van der Waals surface area (Å²) >= 11 is 4.19. The fourth-order valence-corrected chi connectivity index (χ4v) is 2.23. The maximum Gasteiger partial charge on any atom is 0.158 e. The lowest BCUT2D eigenvalue weighted by Gasteiger charge is -2.23. The second-order valence-corrected chi connectivity index (χ2v) is 4.46. The largest absolute Gasteiger partial charge is 0.353 e. The van der Waals surface area contributed by atoms with Gasteiger partial charge in [-0.25, -0.2) is 4.39 Å². The minimum atomic E-state index is -0.229. The lowest BCUT2D eigenvalue weighted by atomic mass is 10.1.